The van der Waals surface area contributed by atoms with Crippen molar-refractivity contribution >= 4 is 39.1 Å². The van der Waals surface area contributed by atoms with Gasteiger partial charge in [0.05, 0.1) is 21.7 Å². The average Bonchev–Trinajstić information content (AvgIpc) is 2.98. The number of hydrogen-bond acceptors (Lipinski definition) is 6. The highest BCUT2D eigenvalue weighted by Crippen LogP contribution is 2.21. The van der Waals surface area contributed by atoms with Crippen LogP contribution in [-0.4, -0.2) is 28.0 Å². The normalized spacial score (nSPS) is 11.6. The minimum atomic E-state index is -0.710. The number of aromatic nitrogens is 1. The number of benzene rings is 2. The van der Waals surface area contributed by atoms with E-state index in [4.69, 9.17) is 4.74 Å². The van der Waals surface area contributed by atoms with Crippen LogP contribution in [0.4, 0.5) is 10.1 Å². The Hall–Kier alpha value is -3.40. The monoisotopic (exact) mass is 417 g/mol. The summed E-state index contributed by atoms with van der Waals surface area (Å²) in [4.78, 5) is 39.3. The van der Waals surface area contributed by atoms with Crippen LogP contribution in [0.25, 0.3) is 10.2 Å². The third-order valence-corrected chi connectivity index (χ3v) is 5.13. The predicted octanol–water partition coefficient (Wildman–Crippen LogP) is 3.36. The molecule has 0 unspecified atom stereocenters. The molecule has 10 heteroatoms. The van der Waals surface area contributed by atoms with E-state index in [1.807, 2.05) is 0 Å². The molecule has 0 atom stereocenters. The van der Waals surface area contributed by atoms with Crippen LogP contribution in [-0.2, 0) is 16.1 Å². The Bertz CT molecular complexity index is 1200. The van der Waals surface area contributed by atoms with Crippen molar-refractivity contribution in [3.63, 3.8) is 0 Å². The van der Waals surface area contributed by atoms with Crippen molar-refractivity contribution in [3.8, 4) is 0 Å². The first-order chi connectivity index (χ1) is 13.8. The topological polar surface area (TPSA) is 104 Å². The second kappa shape index (κ2) is 8.31. The van der Waals surface area contributed by atoms with E-state index in [0.717, 1.165) is 17.4 Å². The molecule has 0 radical (unpaired) electrons. The van der Waals surface area contributed by atoms with Crippen molar-refractivity contribution in [1.29, 1.82) is 0 Å². The Labute approximate surface area is 168 Å². The third kappa shape index (κ3) is 4.37. The molecule has 3 aromatic rings. The molecule has 3 rings (SSSR count). The minimum Gasteiger partial charge on any atom is -0.465 e. The number of nitrogens with zero attached hydrogens (tertiary/aromatic N) is 3. The number of ether oxygens (including phenoxy) is 1. The largest absolute Gasteiger partial charge is 0.465 e. The number of hydrogen-bond donors (Lipinski definition) is 0. The Morgan fingerprint density at radius 2 is 2.03 bits per heavy atom. The van der Waals surface area contributed by atoms with E-state index >= 15 is 0 Å². The molecule has 1 aromatic heterocycles. The van der Waals surface area contributed by atoms with Gasteiger partial charge < -0.3 is 9.30 Å². The van der Waals surface area contributed by atoms with Crippen LogP contribution in [0.5, 0.6) is 0 Å². The first kappa shape index (κ1) is 20.3. The standard InChI is InChI=1S/C19H16FN3O5S/c1-3-28-17(24)10-22-14-7-6-13(20)9-16(14)29-19(22)21-18(25)12-5-4-11(2)15(8-12)23(26)27/h4-9H,3,10H2,1-2H3. The molecule has 0 aliphatic carbocycles. The van der Waals surface area contributed by atoms with Crippen molar-refractivity contribution in [2.45, 2.75) is 20.4 Å². The number of rotatable bonds is 5. The molecule has 0 saturated heterocycles. The lowest BCUT2D eigenvalue weighted by Crippen LogP contribution is -2.23. The van der Waals surface area contributed by atoms with Crippen LogP contribution in [0.1, 0.15) is 22.8 Å². The molecule has 8 nitrogen and oxygen atoms in total. The molecule has 1 amide bonds. The highest BCUT2D eigenvalue weighted by atomic mass is 32.1. The van der Waals surface area contributed by atoms with Gasteiger partial charge in [-0.05, 0) is 38.1 Å². The molecule has 0 bridgehead atoms. The van der Waals surface area contributed by atoms with Gasteiger partial charge in [-0.25, -0.2) is 4.39 Å². The van der Waals surface area contributed by atoms with Gasteiger partial charge in [0.15, 0.2) is 4.80 Å². The fourth-order valence-corrected chi connectivity index (χ4v) is 3.76. The maximum absolute atomic E-state index is 13.6. The van der Waals surface area contributed by atoms with Gasteiger partial charge in [0.25, 0.3) is 11.6 Å². The van der Waals surface area contributed by atoms with Gasteiger partial charge in [0.1, 0.15) is 12.4 Å². The summed E-state index contributed by atoms with van der Waals surface area (Å²) >= 11 is 1.03. The zero-order chi connectivity index (χ0) is 21.1. The molecule has 150 valence electrons. The maximum Gasteiger partial charge on any atom is 0.326 e. The highest BCUT2D eigenvalue weighted by Gasteiger charge is 2.16. The second-order valence-corrected chi connectivity index (χ2v) is 7.07. The van der Waals surface area contributed by atoms with Crippen LogP contribution >= 0.6 is 11.3 Å². The first-order valence-corrected chi connectivity index (χ1v) is 9.40. The van der Waals surface area contributed by atoms with E-state index in [2.05, 4.69) is 4.99 Å². The van der Waals surface area contributed by atoms with E-state index in [1.54, 1.807) is 13.8 Å². The van der Waals surface area contributed by atoms with E-state index < -0.39 is 22.6 Å². The van der Waals surface area contributed by atoms with E-state index in [0.29, 0.717) is 15.8 Å². The van der Waals surface area contributed by atoms with E-state index in [9.17, 15) is 24.1 Å². The number of fused-ring (bicyclic) bond motifs is 1. The van der Waals surface area contributed by atoms with Crippen molar-refractivity contribution in [2.75, 3.05) is 6.61 Å². The van der Waals surface area contributed by atoms with Crippen molar-refractivity contribution in [3.05, 3.63) is 68.3 Å². The Balaban J connectivity index is 2.11. The quantitative estimate of drug-likeness (QED) is 0.360. The molecular weight excluding hydrogens is 401 g/mol. The molecule has 0 fully saturated rings. The molecule has 0 spiro atoms. The smallest absolute Gasteiger partial charge is 0.326 e. The molecule has 29 heavy (non-hydrogen) atoms. The number of esters is 1. The molecule has 0 aliphatic rings. The number of aryl methyl sites for hydroxylation is 1. The first-order valence-electron chi connectivity index (χ1n) is 8.58. The summed E-state index contributed by atoms with van der Waals surface area (Å²) in [6.07, 6.45) is 0. The lowest BCUT2D eigenvalue weighted by molar-refractivity contribution is -0.385. The SMILES string of the molecule is CCOC(=O)Cn1c(=NC(=O)c2ccc(C)c([N+](=O)[O-])c2)sc2cc(F)ccc21. The maximum atomic E-state index is 13.6. The number of amides is 1. The van der Waals surface area contributed by atoms with E-state index in [1.165, 1.54) is 34.9 Å². The predicted molar refractivity (Wildman–Crippen MR) is 104 cm³/mol. The van der Waals surface area contributed by atoms with Crippen LogP contribution in [0.3, 0.4) is 0 Å². The summed E-state index contributed by atoms with van der Waals surface area (Å²) in [6, 6.07) is 8.07. The minimum absolute atomic E-state index is 0.0358. The Morgan fingerprint density at radius 1 is 1.28 bits per heavy atom. The summed E-state index contributed by atoms with van der Waals surface area (Å²) in [5, 5.41) is 11.1. The zero-order valence-electron chi connectivity index (χ0n) is 15.5. The number of halogens is 1. The van der Waals surface area contributed by atoms with Crippen LogP contribution < -0.4 is 4.80 Å². The third-order valence-electron chi connectivity index (χ3n) is 4.09. The lowest BCUT2D eigenvalue weighted by atomic mass is 10.1. The summed E-state index contributed by atoms with van der Waals surface area (Å²) in [5.74, 6) is -1.71. The Morgan fingerprint density at radius 3 is 2.72 bits per heavy atom. The summed E-state index contributed by atoms with van der Waals surface area (Å²) in [6.45, 7) is 3.22. The fraction of sp³-hybridized carbons (Fsp3) is 0.211. The molecule has 2 aromatic carbocycles. The summed E-state index contributed by atoms with van der Waals surface area (Å²) in [7, 11) is 0. The van der Waals surface area contributed by atoms with Gasteiger partial charge in [0, 0.05) is 17.2 Å². The van der Waals surface area contributed by atoms with E-state index in [-0.39, 0.29) is 29.2 Å². The lowest BCUT2D eigenvalue weighted by Gasteiger charge is -2.05. The average molecular weight is 417 g/mol. The van der Waals surface area contributed by atoms with Crippen LogP contribution in [0.2, 0.25) is 0 Å². The second-order valence-electron chi connectivity index (χ2n) is 6.06. The zero-order valence-corrected chi connectivity index (χ0v) is 16.4. The van der Waals surface area contributed by atoms with Crippen molar-refractivity contribution in [1.82, 2.24) is 4.57 Å². The fourth-order valence-electron chi connectivity index (χ4n) is 2.71. The molecule has 1 heterocycles. The van der Waals surface area contributed by atoms with Crippen LogP contribution in [0.15, 0.2) is 41.4 Å². The summed E-state index contributed by atoms with van der Waals surface area (Å²) < 4.78 is 20.5. The number of carbonyl (C=O) groups is 2. The molecule has 0 N–H and O–H groups in total. The highest BCUT2D eigenvalue weighted by molar-refractivity contribution is 7.16. The number of nitro benzene ring substituents is 1. The molecule has 0 aliphatic heterocycles. The number of nitro groups is 1. The van der Waals surface area contributed by atoms with Gasteiger partial charge in [-0.1, -0.05) is 17.4 Å². The van der Waals surface area contributed by atoms with Gasteiger partial charge >= 0.3 is 5.97 Å². The van der Waals surface area contributed by atoms with Gasteiger partial charge in [-0.3, -0.25) is 19.7 Å². The van der Waals surface area contributed by atoms with Crippen molar-refractivity contribution in [2.24, 2.45) is 4.99 Å². The van der Waals surface area contributed by atoms with Crippen LogP contribution in [0, 0.1) is 22.9 Å². The number of carbonyl (C=O) groups excluding carboxylic acids is 2. The molecule has 0 saturated carbocycles. The summed E-state index contributed by atoms with van der Waals surface area (Å²) in [5.41, 5.74) is 0.782. The van der Waals surface area contributed by atoms with Gasteiger partial charge in [-0.15, -0.1) is 0 Å². The van der Waals surface area contributed by atoms with Gasteiger partial charge in [0.2, 0.25) is 0 Å². The van der Waals surface area contributed by atoms with Crippen molar-refractivity contribution < 1.29 is 23.6 Å². The van der Waals surface area contributed by atoms with Gasteiger partial charge in [-0.2, -0.15) is 4.99 Å². The Kier molecular flexibility index (Phi) is 5.83. The number of thiazole rings is 1. The molecular formula is C19H16FN3O5S.